The van der Waals surface area contributed by atoms with Crippen molar-refractivity contribution >= 4 is 34.8 Å². The normalized spacial score (nSPS) is 10.9. The van der Waals surface area contributed by atoms with Crippen LogP contribution in [0.3, 0.4) is 0 Å². The topological polar surface area (TPSA) is 28.7 Å². The molecule has 0 atom stereocenters. The number of hydrogen-bond acceptors (Lipinski definition) is 1. The number of benzene rings is 2. The van der Waals surface area contributed by atoms with Crippen molar-refractivity contribution in [1.29, 1.82) is 0 Å². The van der Waals surface area contributed by atoms with E-state index in [1.807, 2.05) is 43.3 Å². The molecule has 3 aromatic rings. The first kappa shape index (κ1) is 15.4. The molecular weight excluding hydrogens is 339 g/mol. The van der Waals surface area contributed by atoms with Crippen LogP contribution in [0.15, 0.2) is 42.5 Å². The van der Waals surface area contributed by atoms with E-state index in [1.165, 1.54) is 0 Å². The van der Waals surface area contributed by atoms with Crippen LogP contribution in [-0.2, 0) is 6.42 Å². The Balaban J connectivity index is 1.91. The molecule has 22 heavy (non-hydrogen) atoms. The van der Waals surface area contributed by atoms with Crippen LogP contribution in [0.25, 0.3) is 11.3 Å². The first-order chi connectivity index (χ1) is 10.5. The van der Waals surface area contributed by atoms with Crippen molar-refractivity contribution in [1.82, 2.24) is 9.97 Å². The SMILES string of the molecule is Cc1[nH]c(Cc2ccc(Cl)cc2)nc1-c1cc(Cl)cc(Cl)c1. The molecule has 0 fully saturated rings. The minimum Gasteiger partial charge on any atom is -0.345 e. The molecular formula is C17H13Cl3N2. The molecule has 0 aliphatic rings. The third-order valence-electron chi connectivity index (χ3n) is 3.35. The molecule has 3 rings (SSSR count). The smallest absolute Gasteiger partial charge is 0.111 e. The second kappa shape index (κ2) is 6.33. The van der Waals surface area contributed by atoms with Gasteiger partial charge >= 0.3 is 0 Å². The number of nitrogens with zero attached hydrogens (tertiary/aromatic N) is 1. The van der Waals surface area contributed by atoms with E-state index in [0.717, 1.165) is 33.4 Å². The number of aryl methyl sites for hydroxylation is 1. The Morgan fingerprint density at radius 3 is 2.18 bits per heavy atom. The molecule has 0 radical (unpaired) electrons. The zero-order chi connectivity index (χ0) is 15.7. The molecule has 0 aliphatic heterocycles. The van der Waals surface area contributed by atoms with Gasteiger partial charge < -0.3 is 4.98 Å². The molecule has 0 unspecified atom stereocenters. The van der Waals surface area contributed by atoms with Gasteiger partial charge in [0.25, 0.3) is 0 Å². The third kappa shape index (κ3) is 3.46. The first-order valence-electron chi connectivity index (χ1n) is 6.77. The number of aromatic amines is 1. The van der Waals surface area contributed by atoms with Crippen LogP contribution in [0, 0.1) is 6.92 Å². The highest BCUT2D eigenvalue weighted by Gasteiger charge is 2.11. The molecule has 0 saturated heterocycles. The molecule has 0 amide bonds. The summed E-state index contributed by atoms with van der Waals surface area (Å²) in [5.74, 6) is 0.894. The van der Waals surface area contributed by atoms with Crippen LogP contribution in [0.5, 0.6) is 0 Å². The monoisotopic (exact) mass is 350 g/mol. The highest BCUT2D eigenvalue weighted by Crippen LogP contribution is 2.28. The van der Waals surface area contributed by atoms with Gasteiger partial charge in [0.1, 0.15) is 5.82 Å². The number of hydrogen-bond donors (Lipinski definition) is 1. The zero-order valence-electron chi connectivity index (χ0n) is 11.8. The minimum absolute atomic E-state index is 0.601. The van der Waals surface area contributed by atoms with Crippen molar-refractivity contribution in [3.05, 3.63) is 74.6 Å². The number of aromatic nitrogens is 2. The molecule has 0 saturated carbocycles. The molecule has 1 N–H and O–H groups in total. The van der Waals surface area contributed by atoms with Gasteiger partial charge in [-0.2, -0.15) is 0 Å². The van der Waals surface area contributed by atoms with Crippen molar-refractivity contribution in [2.45, 2.75) is 13.3 Å². The maximum absolute atomic E-state index is 6.07. The highest BCUT2D eigenvalue weighted by molar-refractivity contribution is 6.35. The van der Waals surface area contributed by atoms with E-state index < -0.39 is 0 Å². The average molecular weight is 352 g/mol. The Morgan fingerprint density at radius 1 is 0.909 bits per heavy atom. The fraction of sp³-hybridized carbons (Fsp3) is 0.118. The summed E-state index contributed by atoms with van der Waals surface area (Å²) in [6, 6.07) is 13.2. The molecule has 0 bridgehead atoms. The van der Waals surface area contributed by atoms with Gasteiger partial charge in [-0.1, -0.05) is 46.9 Å². The summed E-state index contributed by atoms with van der Waals surface area (Å²) in [7, 11) is 0. The number of halogens is 3. The van der Waals surface area contributed by atoms with Gasteiger partial charge in [-0.25, -0.2) is 4.98 Å². The standard InChI is InChI=1S/C17H13Cl3N2/c1-10-17(12-7-14(19)9-15(20)8-12)22-16(21-10)6-11-2-4-13(18)5-3-11/h2-5,7-9H,6H2,1H3,(H,21,22). The maximum Gasteiger partial charge on any atom is 0.111 e. The minimum atomic E-state index is 0.601. The number of imidazole rings is 1. The van der Waals surface area contributed by atoms with E-state index in [0.29, 0.717) is 16.5 Å². The van der Waals surface area contributed by atoms with Crippen LogP contribution in [0.2, 0.25) is 15.1 Å². The van der Waals surface area contributed by atoms with E-state index in [4.69, 9.17) is 34.8 Å². The lowest BCUT2D eigenvalue weighted by Gasteiger charge is -2.01. The van der Waals surface area contributed by atoms with Gasteiger partial charge in [-0.3, -0.25) is 0 Å². The summed E-state index contributed by atoms with van der Waals surface area (Å²) in [4.78, 5) is 7.99. The zero-order valence-corrected chi connectivity index (χ0v) is 14.1. The Kier molecular flexibility index (Phi) is 4.44. The fourth-order valence-corrected chi connectivity index (χ4v) is 3.03. The van der Waals surface area contributed by atoms with Crippen molar-refractivity contribution in [3.63, 3.8) is 0 Å². The summed E-state index contributed by atoms with van der Waals surface area (Å²) in [5, 5.41) is 1.93. The Bertz CT molecular complexity index is 787. The van der Waals surface area contributed by atoms with Crippen molar-refractivity contribution < 1.29 is 0 Å². The summed E-state index contributed by atoms with van der Waals surface area (Å²) < 4.78 is 0. The van der Waals surface area contributed by atoms with E-state index in [9.17, 15) is 0 Å². The Hall–Kier alpha value is -1.48. The van der Waals surface area contributed by atoms with Gasteiger partial charge in [-0.05, 0) is 42.8 Å². The molecule has 5 heteroatoms. The summed E-state index contributed by atoms with van der Waals surface area (Å²) in [6.07, 6.45) is 0.715. The lowest BCUT2D eigenvalue weighted by Crippen LogP contribution is -1.90. The van der Waals surface area contributed by atoms with E-state index in [1.54, 1.807) is 6.07 Å². The lowest BCUT2D eigenvalue weighted by atomic mass is 10.1. The fourth-order valence-electron chi connectivity index (χ4n) is 2.37. The average Bonchev–Trinajstić information content (AvgIpc) is 2.81. The maximum atomic E-state index is 6.07. The van der Waals surface area contributed by atoms with Crippen LogP contribution >= 0.6 is 34.8 Å². The second-order valence-electron chi connectivity index (χ2n) is 5.12. The highest BCUT2D eigenvalue weighted by atomic mass is 35.5. The van der Waals surface area contributed by atoms with E-state index in [2.05, 4.69) is 9.97 Å². The van der Waals surface area contributed by atoms with Gasteiger partial charge in [0.2, 0.25) is 0 Å². The quantitative estimate of drug-likeness (QED) is 0.622. The molecule has 0 spiro atoms. The van der Waals surface area contributed by atoms with Gasteiger partial charge in [0.15, 0.2) is 0 Å². The van der Waals surface area contributed by atoms with Crippen LogP contribution in [0.1, 0.15) is 17.1 Å². The molecule has 2 nitrogen and oxygen atoms in total. The van der Waals surface area contributed by atoms with Crippen molar-refractivity contribution in [2.24, 2.45) is 0 Å². The Labute approximate surface area is 144 Å². The predicted molar refractivity (Wildman–Crippen MR) is 93.0 cm³/mol. The lowest BCUT2D eigenvalue weighted by molar-refractivity contribution is 1.02. The van der Waals surface area contributed by atoms with Gasteiger partial charge in [0.05, 0.1) is 5.69 Å². The molecule has 1 aromatic heterocycles. The van der Waals surface area contributed by atoms with E-state index >= 15 is 0 Å². The number of nitrogens with one attached hydrogen (secondary N) is 1. The van der Waals surface area contributed by atoms with Crippen LogP contribution < -0.4 is 0 Å². The van der Waals surface area contributed by atoms with Crippen molar-refractivity contribution in [3.8, 4) is 11.3 Å². The Morgan fingerprint density at radius 2 is 1.55 bits per heavy atom. The predicted octanol–water partition coefficient (Wildman–Crippen LogP) is 5.94. The first-order valence-corrected chi connectivity index (χ1v) is 7.91. The summed E-state index contributed by atoms with van der Waals surface area (Å²) >= 11 is 18.0. The summed E-state index contributed by atoms with van der Waals surface area (Å²) in [6.45, 7) is 1.99. The van der Waals surface area contributed by atoms with Crippen LogP contribution in [-0.4, -0.2) is 9.97 Å². The van der Waals surface area contributed by atoms with Crippen LogP contribution in [0.4, 0.5) is 0 Å². The molecule has 1 heterocycles. The largest absolute Gasteiger partial charge is 0.345 e. The number of H-pyrrole nitrogens is 1. The number of rotatable bonds is 3. The third-order valence-corrected chi connectivity index (χ3v) is 4.04. The molecule has 112 valence electrons. The van der Waals surface area contributed by atoms with Gasteiger partial charge in [-0.15, -0.1) is 0 Å². The summed E-state index contributed by atoms with van der Waals surface area (Å²) in [5.41, 5.74) is 3.91. The van der Waals surface area contributed by atoms with Crippen molar-refractivity contribution in [2.75, 3.05) is 0 Å². The van der Waals surface area contributed by atoms with E-state index in [-0.39, 0.29) is 0 Å². The molecule has 0 aliphatic carbocycles. The van der Waals surface area contributed by atoms with Gasteiger partial charge in [0, 0.05) is 32.7 Å². The second-order valence-corrected chi connectivity index (χ2v) is 6.43. The molecule has 2 aromatic carbocycles.